The van der Waals surface area contributed by atoms with E-state index < -0.39 is 0 Å². The summed E-state index contributed by atoms with van der Waals surface area (Å²) in [5, 5.41) is 11.9. The van der Waals surface area contributed by atoms with E-state index in [0.717, 1.165) is 13.0 Å². The molecule has 1 N–H and O–H groups in total. The van der Waals surface area contributed by atoms with E-state index in [1.807, 2.05) is 6.07 Å². The van der Waals surface area contributed by atoms with Gasteiger partial charge in [0, 0.05) is 19.0 Å². The second-order valence-electron chi connectivity index (χ2n) is 3.07. The molecular weight excluding hydrogens is 180 g/mol. The summed E-state index contributed by atoms with van der Waals surface area (Å²) in [6.07, 6.45) is 4.02. The Bertz CT molecular complexity index is 354. The molecule has 1 aromatic rings. The van der Waals surface area contributed by atoms with Gasteiger partial charge in [0.15, 0.2) is 11.5 Å². The summed E-state index contributed by atoms with van der Waals surface area (Å²) in [7, 11) is 0. The smallest absolute Gasteiger partial charge is 0.182 e. The van der Waals surface area contributed by atoms with E-state index in [2.05, 4.69) is 15.3 Å². The van der Waals surface area contributed by atoms with Gasteiger partial charge in [0.25, 0.3) is 0 Å². The Morgan fingerprint density at radius 1 is 1.50 bits per heavy atom. The molecule has 72 valence electrons. The van der Waals surface area contributed by atoms with Gasteiger partial charge in [-0.1, -0.05) is 0 Å². The van der Waals surface area contributed by atoms with Gasteiger partial charge in [0.2, 0.25) is 0 Å². The van der Waals surface area contributed by atoms with Crippen molar-refractivity contribution in [1.82, 2.24) is 9.97 Å². The van der Waals surface area contributed by atoms with Crippen molar-refractivity contribution in [2.45, 2.75) is 12.5 Å². The average molecular weight is 190 g/mol. The van der Waals surface area contributed by atoms with E-state index in [0.29, 0.717) is 18.1 Å². The summed E-state index contributed by atoms with van der Waals surface area (Å²) in [6.45, 7) is 1.43. The van der Waals surface area contributed by atoms with E-state index in [1.165, 1.54) is 6.20 Å². The maximum atomic E-state index is 8.77. The lowest BCUT2D eigenvalue weighted by Gasteiger charge is -2.10. The van der Waals surface area contributed by atoms with E-state index in [9.17, 15) is 0 Å². The van der Waals surface area contributed by atoms with Crippen LogP contribution in [-0.4, -0.2) is 29.2 Å². The van der Waals surface area contributed by atoms with E-state index >= 15 is 0 Å². The molecule has 1 aromatic heterocycles. The van der Waals surface area contributed by atoms with Crippen LogP contribution in [0.2, 0.25) is 0 Å². The number of hydrogen-bond donors (Lipinski definition) is 1. The SMILES string of the molecule is N#Cc1nccnc1NC1CCOC1. The predicted molar refractivity (Wildman–Crippen MR) is 49.6 cm³/mol. The van der Waals surface area contributed by atoms with Crippen LogP contribution in [0.1, 0.15) is 12.1 Å². The zero-order valence-electron chi connectivity index (χ0n) is 7.60. The summed E-state index contributed by atoms with van der Waals surface area (Å²) >= 11 is 0. The first-order valence-corrected chi connectivity index (χ1v) is 4.45. The number of nitriles is 1. The molecule has 1 aliphatic heterocycles. The largest absolute Gasteiger partial charge is 0.379 e. The van der Waals surface area contributed by atoms with E-state index in [4.69, 9.17) is 10.00 Å². The molecular formula is C9H10N4O. The van der Waals surface area contributed by atoms with E-state index in [-0.39, 0.29) is 6.04 Å². The third-order valence-electron chi connectivity index (χ3n) is 2.07. The first kappa shape index (κ1) is 8.91. The van der Waals surface area contributed by atoms with Crippen molar-refractivity contribution < 1.29 is 4.74 Å². The fourth-order valence-electron chi connectivity index (χ4n) is 1.37. The molecule has 5 nitrogen and oxygen atoms in total. The normalized spacial score (nSPS) is 20.4. The molecule has 0 aromatic carbocycles. The highest BCUT2D eigenvalue weighted by Gasteiger charge is 2.17. The molecule has 2 heterocycles. The summed E-state index contributed by atoms with van der Waals surface area (Å²) in [6, 6.07) is 2.24. The van der Waals surface area contributed by atoms with Gasteiger partial charge in [0.1, 0.15) is 6.07 Å². The summed E-state index contributed by atoms with van der Waals surface area (Å²) in [5.41, 5.74) is 0.333. The second kappa shape index (κ2) is 4.03. The lowest BCUT2D eigenvalue weighted by molar-refractivity contribution is 0.195. The van der Waals surface area contributed by atoms with Gasteiger partial charge in [0.05, 0.1) is 12.6 Å². The zero-order valence-corrected chi connectivity index (χ0v) is 7.60. The maximum Gasteiger partial charge on any atom is 0.182 e. The van der Waals surface area contributed by atoms with Crippen LogP contribution >= 0.6 is 0 Å². The molecule has 0 saturated carbocycles. The highest BCUT2D eigenvalue weighted by Crippen LogP contribution is 2.13. The molecule has 14 heavy (non-hydrogen) atoms. The standard InChI is InChI=1S/C9H10N4O/c10-5-8-9(12-3-2-11-8)13-7-1-4-14-6-7/h2-3,7H,1,4,6H2,(H,12,13). The summed E-state index contributed by atoms with van der Waals surface area (Å²) in [5.74, 6) is 0.547. The van der Waals surface area contributed by atoms with Crippen LogP contribution in [0.25, 0.3) is 0 Å². The molecule has 5 heteroatoms. The molecule has 1 aliphatic rings. The molecule has 0 radical (unpaired) electrons. The van der Waals surface area contributed by atoms with Crippen molar-refractivity contribution in [2.75, 3.05) is 18.5 Å². The monoisotopic (exact) mass is 190 g/mol. The number of anilines is 1. The zero-order chi connectivity index (χ0) is 9.80. The van der Waals surface area contributed by atoms with Gasteiger partial charge in [-0.3, -0.25) is 0 Å². The Labute approximate surface area is 81.7 Å². The Morgan fingerprint density at radius 2 is 2.36 bits per heavy atom. The molecule has 0 aliphatic carbocycles. The van der Waals surface area contributed by atoms with Crippen molar-refractivity contribution in [2.24, 2.45) is 0 Å². The van der Waals surface area contributed by atoms with Gasteiger partial charge in [-0.15, -0.1) is 0 Å². The fraction of sp³-hybridized carbons (Fsp3) is 0.444. The van der Waals surface area contributed by atoms with Crippen molar-refractivity contribution in [3.63, 3.8) is 0 Å². The minimum absolute atomic E-state index is 0.249. The highest BCUT2D eigenvalue weighted by molar-refractivity contribution is 5.47. The Hall–Kier alpha value is -1.67. The van der Waals surface area contributed by atoms with Crippen LogP contribution in [0.3, 0.4) is 0 Å². The number of aromatic nitrogens is 2. The van der Waals surface area contributed by atoms with Crippen molar-refractivity contribution in [3.05, 3.63) is 18.1 Å². The van der Waals surface area contributed by atoms with Crippen molar-refractivity contribution in [3.8, 4) is 6.07 Å². The van der Waals surface area contributed by atoms with E-state index in [1.54, 1.807) is 6.20 Å². The number of hydrogen-bond acceptors (Lipinski definition) is 5. The molecule has 0 spiro atoms. The number of rotatable bonds is 2. The Balaban J connectivity index is 2.11. The van der Waals surface area contributed by atoms with Gasteiger partial charge < -0.3 is 10.1 Å². The number of nitrogens with one attached hydrogen (secondary N) is 1. The second-order valence-corrected chi connectivity index (χ2v) is 3.07. The van der Waals surface area contributed by atoms with Gasteiger partial charge >= 0.3 is 0 Å². The topological polar surface area (TPSA) is 70.8 Å². The lowest BCUT2D eigenvalue weighted by atomic mass is 10.2. The van der Waals surface area contributed by atoms with Crippen LogP contribution in [0.4, 0.5) is 5.82 Å². The van der Waals surface area contributed by atoms with Gasteiger partial charge in [-0.25, -0.2) is 9.97 Å². The molecule has 1 fully saturated rings. The summed E-state index contributed by atoms with van der Waals surface area (Å²) in [4.78, 5) is 7.97. The quantitative estimate of drug-likeness (QED) is 0.737. The van der Waals surface area contributed by atoms with Crippen LogP contribution in [0.15, 0.2) is 12.4 Å². The summed E-state index contributed by atoms with van der Waals surface area (Å²) < 4.78 is 5.21. The van der Waals surface area contributed by atoms with Gasteiger partial charge in [-0.05, 0) is 6.42 Å². The number of nitrogens with zero attached hydrogens (tertiary/aromatic N) is 3. The Morgan fingerprint density at radius 3 is 3.07 bits per heavy atom. The molecule has 0 bridgehead atoms. The molecule has 1 saturated heterocycles. The van der Waals surface area contributed by atoms with Crippen LogP contribution in [0.5, 0.6) is 0 Å². The predicted octanol–water partition coefficient (Wildman–Crippen LogP) is 0.549. The third-order valence-corrected chi connectivity index (χ3v) is 2.07. The average Bonchev–Trinajstić information content (AvgIpc) is 2.71. The van der Waals surface area contributed by atoms with Crippen LogP contribution in [0, 0.1) is 11.3 Å². The minimum Gasteiger partial charge on any atom is -0.379 e. The Kier molecular flexibility index (Phi) is 2.56. The van der Waals surface area contributed by atoms with Crippen LogP contribution < -0.4 is 5.32 Å². The lowest BCUT2D eigenvalue weighted by Crippen LogP contribution is -2.20. The molecule has 1 unspecified atom stereocenters. The fourth-order valence-corrected chi connectivity index (χ4v) is 1.37. The highest BCUT2D eigenvalue weighted by atomic mass is 16.5. The van der Waals surface area contributed by atoms with Crippen molar-refractivity contribution >= 4 is 5.82 Å². The first-order chi connectivity index (χ1) is 6.90. The first-order valence-electron chi connectivity index (χ1n) is 4.45. The number of ether oxygens (including phenoxy) is 1. The maximum absolute atomic E-state index is 8.77. The third kappa shape index (κ3) is 1.80. The van der Waals surface area contributed by atoms with Gasteiger partial charge in [-0.2, -0.15) is 5.26 Å². The minimum atomic E-state index is 0.249. The molecule has 2 rings (SSSR count). The molecule has 0 amide bonds. The van der Waals surface area contributed by atoms with Crippen molar-refractivity contribution in [1.29, 1.82) is 5.26 Å². The molecule has 1 atom stereocenters. The van der Waals surface area contributed by atoms with Crippen LogP contribution in [-0.2, 0) is 4.74 Å².